The van der Waals surface area contributed by atoms with Crippen LogP contribution in [0.1, 0.15) is 303 Å². The first-order chi connectivity index (χ1) is 32.0. The van der Waals surface area contributed by atoms with Gasteiger partial charge in [0.15, 0.2) is 6.10 Å². The van der Waals surface area contributed by atoms with Crippen LogP contribution in [0.5, 0.6) is 0 Å². The Bertz CT molecular complexity index is 1090. The van der Waals surface area contributed by atoms with Crippen LogP contribution in [0.4, 0.5) is 0 Å². The number of hydrogen-bond donors (Lipinski definition) is 0. The van der Waals surface area contributed by atoms with E-state index in [1.807, 2.05) is 0 Å². The zero-order valence-electron chi connectivity index (χ0n) is 43.5. The van der Waals surface area contributed by atoms with Gasteiger partial charge in [0, 0.05) is 19.3 Å². The first-order valence-corrected chi connectivity index (χ1v) is 28.5. The predicted octanol–water partition coefficient (Wildman–Crippen LogP) is 18.9. The fourth-order valence-corrected chi connectivity index (χ4v) is 8.25. The predicted molar refractivity (Wildman–Crippen MR) is 279 cm³/mol. The van der Waals surface area contributed by atoms with Crippen molar-refractivity contribution in [3.05, 3.63) is 36.5 Å². The van der Waals surface area contributed by atoms with E-state index in [0.717, 1.165) is 70.6 Å². The van der Waals surface area contributed by atoms with E-state index in [1.165, 1.54) is 193 Å². The topological polar surface area (TPSA) is 78.9 Å². The molecule has 65 heavy (non-hydrogen) atoms. The SMILES string of the molecule is CCCCCC/C=C\CCCCCCCCCC(=O)OC(COC(=O)CCCCC/C=C\CCCCCCCC)COC(=O)CCCCCCCCC/C=C\CCCCCCCCCC. The molecule has 0 heterocycles. The number of allylic oxidation sites excluding steroid dienone is 6. The van der Waals surface area contributed by atoms with E-state index >= 15 is 0 Å². The Morgan fingerprint density at radius 3 is 0.800 bits per heavy atom. The Morgan fingerprint density at radius 2 is 0.508 bits per heavy atom. The molecule has 0 spiro atoms. The Labute approximate surface area is 404 Å². The number of carbonyl (C=O) groups excluding carboxylic acids is 3. The van der Waals surface area contributed by atoms with Crippen molar-refractivity contribution in [1.29, 1.82) is 0 Å². The minimum Gasteiger partial charge on any atom is -0.462 e. The van der Waals surface area contributed by atoms with Gasteiger partial charge >= 0.3 is 17.9 Å². The van der Waals surface area contributed by atoms with Crippen LogP contribution in [0.2, 0.25) is 0 Å². The van der Waals surface area contributed by atoms with Gasteiger partial charge in [-0.15, -0.1) is 0 Å². The first-order valence-electron chi connectivity index (χ1n) is 28.5. The number of ether oxygens (including phenoxy) is 3. The van der Waals surface area contributed by atoms with E-state index in [1.54, 1.807) is 0 Å². The maximum Gasteiger partial charge on any atom is 0.306 e. The Hall–Kier alpha value is -2.37. The van der Waals surface area contributed by atoms with Crippen molar-refractivity contribution < 1.29 is 28.6 Å². The quantitative estimate of drug-likeness (QED) is 0.0262. The molecule has 0 N–H and O–H groups in total. The van der Waals surface area contributed by atoms with E-state index < -0.39 is 6.10 Å². The van der Waals surface area contributed by atoms with Crippen LogP contribution in [-0.4, -0.2) is 37.2 Å². The summed E-state index contributed by atoms with van der Waals surface area (Å²) in [5.41, 5.74) is 0. The molecule has 0 aromatic rings. The van der Waals surface area contributed by atoms with Crippen molar-refractivity contribution in [3.63, 3.8) is 0 Å². The Morgan fingerprint density at radius 1 is 0.292 bits per heavy atom. The van der Waals surface area contributed by atoms with E-state index in [0.29, 0.717) is 19.3 Å². The summed E-state index contributed by atoms with van der Waals surface area (Å²) < 4.78 is 16.8. The molecule has 0 aromatic heterocycles. The molecule has 0 aliphatic carbocycles. The van der Waals surface area contributed by atoms with Gasteiger partial charge in [-0.2, -0.15) is 0 Å². The lowest BCUT2D eigenvalue weighted by Crippen LogP contribution is -2.30. The van der Waals surface area contributed by atoms with Crippen LogP contribution in [0.3, 0.4) is 0 Å². The highest BCUT2D eigenvalue weighted by Gasteiger charge is 2.19. The van der Waals surface area contributed by atoms with Gasteiger partial charge in [0.2, 0.25) is 0 Å². The molecular weight excluding hydrogens is 805 g/mol. The van der Waals surface area contributed by atoms with Crippen LogP contribution in [-0.2, 0) is 28.6 Å². The minimum atomic E-state index is -0.780. The van der Waals surface area contributed by atoms with Gasteiger partial charge in [0.25, 0.3) is 0 Å². The zero-order chi connectivity index (χ0) is 47.2. The van der Waals surface area contributed by atoms with Gasteiger partial charge in [-0.25, -0.2) is 0 Å². The number of esters is 3. The van der Waals surface area contributed by atoms with Gasteiger partial charge < -0.3 is 14.2 Å². The molecule has 1 unspecified atom stereocenters. The molecule has 0 saturated carbocycles. The fraction of sp³-hybridized carbons (Fsp3) is 0.847. The molecule has 0 saturated heterocycles. The molecule has 0 amide bonds. The molecule has 380 valence electrons. The van der Waals surface area contributed by atoms with Gasteiger partial charge in [-0.1, -0.05) is 224 Å². The molecule has 0 radical (unpaired) electrons. The molecule has 0 aliphatic rings. The second kappa shape index (κ2) is 54.2. The lowest BCUT2D eigenvalue weighted by molar-refractivity contribution is -0.167. The van der Waals surface area contributed by atoms with Crippen LogP contribution >= 0.6 is 0 Å². The van der Waals surface area contributed by atoms with E-state index in [4.69, 9.17) is 14.2 Å². The zero-order valence-corrected chi connectivity index (χ0v) is 43.5. The van der Waals surface area contributed by atoms with Gasteiger partial charge in [-0.3, -0.25) is 14.4 Å². The van der Waals surface area contributed by atoms with Crippen molar-refractivity contribution in [3.8, 4) is 0 Å². The number of unbranched alkanes of at least 4 members (excludes halogenated alkanes) is 35. The van der Waals surface area contributed by atoms with Crippen LogP contribution in [0, 0.1) is 0 Å². The van der Waals surface area contributed by atoms with E-state index in [9.17, 15) is 14.4 Å². The number of carbonyl (C=O) groups is 3. The summed E-state index contributed by atoms with van der Waals surface area (Å²) in [5, 5.41) is 0. The highest BCUT2D eigenvalue weighted by Crippen LogP contribution is 2.15. The van der Waals surface area contributed by atoms with E-state index in [2.05, 4.69) is 57.2 Å². The second-order valence-electron chi connectivity index (χ2n) is 19.2. The van der Waals surface area contributed by atoms with Gasteiger partial charge in [0.1, 0.15) is 13.2 Å². The average Bonchev–Trinajstić information content (AvgIpc) is 3.30. The first kappa shape index (κ1) is 62.6. The third kappa shape index (κ3) is 52.5. The van der Waals surface area contributed by atoms with Gasteiger partial charge in [-0.05, 0) is 96.3 Å². The Kier molecular flexibility index (Phi) is 52.3. The van der Waals surface area contributed by atoms with Crippen LogP contribution in [0.15, 0.2) is 36.5 Å². The second-order valence-corrected chi connectivity index (χ2v) is 19.2. The molecule has 0 bridgehead atoms. The van der Waals surface area contributed by atoms with Crippen LogP contribution in [0.25, 0.3) is 0 Å². The molecule has 0 fully saturated rings. The van der Waals surface area contributed by atoms with Crippen molar-refractivity contribution in [2.45, 2.75) is 309 Å². The smallest absolute Gasteiger partial charge is 0.306 e. The lowest BCUT2D eigenvalue weighted by Gasteiger charge is -2.18. The largest absolute Gasteiger partial charge is 0.462 e. The van der Waals surface area contributed by atoms with Crippen LogP contribution < -0.4 is 0 Å². The third-order valence-corrected chi connectivity index (χ3v) is 12.6. The highest BCUT2D eigenvalue weighted by molar-refractivity contribution is 5.71. The molecule has 0 rings (SSSR count). The summed E-state index contributed by atoms with van der Waals surface area (Å²) in [6.45, 7) is 6.63. The van der Waals surface area contributed by atoms with E-state index in [-0.39, 0.29) is 31.1 Å². The molecule has 6 heteroatoms. The monoisotopic (exact) mass is 913 g/mol. The summed E-state index contributed by atoms with van der Waals surface area (Å²) in [5.74, 6) is -0.890. The molecule has 0 aliphatic heterocycles. The third-order valence-electron chi connectivity index (χ3n) is 12.6. The highest BCUT2D eigenvalue weighted by atomic mass is 16.6. The molecular formula is C59H108O6. The normalized spacial score (nSPS) is 12.2. The van der Waals surface area contributed by atoms with Crippen molar-refractivity contribution in [2.24, 2.45) is 0 Å². The summed E-state index contributed by atoms with van der Waals surface area (Å²) in [4.78, 5) is 38.1. The Balaban J connectivity index is 4.35. The number of hydrogen-bond acceptors (Lipinski definition) is 6. The summed E-state index contributed by atoms with van der Waals surface area (Å²) >= 11 is 0. The lowest BCUT2D eigenvalue weighted by atomic mass is 10.1. The van der Waals surface area contributed by atoms with Crippen molar-refractivity contribution >= 4 is 17.9 Å². The number of rotatable bonds is 52. The molecule has 6 nitrogen and oxygen atoms in total. The standard InChI is InChI=1S/C59H108O6/c1-4-7-10-13-16-19-22-25-27-28-29-30-32-34-37-40-43-46-49-52-58(61)64-55-56(54-63-57(60)51-48-45-42-39-36-33-24-21-18-15-12-9-6-3)65-59(62)53-50-47-44-41-38-35-31-26-23-20-17-14-11-8-5-2/h20,23,28-29,33,36,56H,4-19,21-22,24-27,30-32,34-35,37-55H2,1-3H3/b23-20-,29-28-,36-33-. The molecule has 1 atom stereocenters. The molecule has 0 aromatic carbocycles. The summed E-state index contributed by atoms with van der Waals surface area (Å²) in [6, 6.07) is 0. The summed E-state index contributed by atoms with van der Waals surface area (Å²) in [7, 11) is 0. The average molecular weight is 914 g/mol. The van der Waals surface area contributed by atoms with Crippen molar-refractivity contribution in [2.75, 3.05) is 13.2 Å². The van der Waals surface area contributed by atoms with Crippen molar-refractivity contribution in [1.82, 2.24) is 0 Å². The van der Waals surface area contributed by atoms with Gasteiger partial charge in [0.05, 0.1) is 0 Å². The minimum absolute atomic E-state index is 0.0788. The fourth-order valence-electron chi connectivity index (χ4n) is 8.25. The maximum atomic E-state index is 12.8. The summed E-state index contributed by atoms with van der Waals surface area (Å²) in [6.07, 6.45) is 64.2. The maximum absolute atomic E-state index is 12.8.